The van der Waals surface area contributed by atoms with Gasteiger partial charge in [0.1, 0.15) is 11.5 Å². The first kappa shape index (κ1) is 17.2. The molecule has 0 saturated heterocycles. The predicted molar refractivity (Wildman–Crippen MR) is 84.8 cm³/mol. The molecule has 0 spiro atoms. The van der Waals surface area contributed by atoms with Crippen molar-refractivity contribution in [2.75, 3.05) is 33.7 Å². The maximum Gasteiger partial charge on any atom is 0.118 e. The van der Waals surface area contributed by atoms with Crippen molar-refractivity contribution in [3.63, 3.8) is 0 Å². The summed E-state index contributed by atoms with van der Waals surface area (Å²) in [6, 6.07) is 4.72. The largest absolute Gasteiger partial charge is 0.463 e. The monoisotopic (exact) mass is 281 g/mol. The lowest BCUT2D eigenvalue weighted by Crippen LogP contribution is -2.39. The van der Waals surface area contributed by atoms with E-state index in [0.29, 0.717) is 6.04 Å². The molecule has 1 rings (SSSR count). The Labute approximate surface area is 124 Å². The van der Waals surface area contributed by atoms with Crippen molar-refractivity contribution in [3.05, 3.63) is 23.7 Å². The number of furan rings is 1. The molecule has 1 unspecified atom stereocenters. The molecule has 4 heteroatoms. The molecule has 0 radical (unpaired) electrons. The Bertz CT molecular complexity index is 362. The van der Waals surface area contributed by atoms with Gasteiger partial charge in [0.15, 0.2) is 0 Å². The highest BCUT2D eigenvalue weighted by molar-refractivity contribution is 5.07. The van der Waals surface area contributed by atoms with Crippen LogP contribution in [0.2, 0.25) is 0 Å². The third-order valence-electron chi connectivity index (χ3n) is 3.46. The highest BCUT2D eigenvalue weighted by Crippen LogP contribution is 2.13. The van der Waals surface area contributed by atoms with Crippen LogP contribution >= 0.6 is 0 Å². The van der Waals surface area contributed by atoms with E-state index in [1.807, 2.05) is 0 Å². The van der Waals surface area contributed by atoms with Crippen LogP contribution < -0.4 is 5.32 Å². The van der Waals surface area contributed by atoms with Gasteiger partial charge in [0.2, 0.25) is 0 Å². The van der Waals surface area contributed by atoms with E-state index in [0.717, 1.165) is 50.7 Å². The fraction of sp³-hybridized carbons (Fsp3) is 0.750. The molecule has 1 atom stereocenters. The van der Waals surface area contributed by atoms with E-state index in [1.165, 1.54) is 0 Å². The average molecular weight is 281 g/mol. The van der Waals surface area contributed by atoms with Gasteiger partial charge < -0.3 is 14.6 Å². The van der Waals surface area contributed by atoms with Crippen LogP contribution in [0.25, 0.3) is 0 Å². The van der Waals surface area contributed by atoms with Crippen LogP contribution in [-0.4, -0.2) is 49.6 Å². The van der Waals surface area contributed by atoms with Crippen molar-refractivity contribution in [2.45, 2.75) is 46.3 Å². The summed E-state index contributed by atoms with van der Waals surface area (Å²) in [5, 5.41) is 3.37. The van der Waals surface area contributed by atoms with E-state index in [4.69, 9.17) is 4.42 Å². The minimum Gasteiger partial charge on any atom is -0.463 e. The molecule has 0 fully saturated rings. The molecule has 1 heterocycles. The van der Waals surface area contributed by atoms with Gasteiger partial charge in [0.05, 0.1) is 13.1 Å². The smallest absolute Gasteiger partial charge is 0.118 e. The van der Waals surface area contributed by atoms with Crippen molar-refractivity contribution < 1.29 is 4.42 Å². The Morgan fingerprint density at radius 2 is 1.90 bits per heavy atom. The normalized spacial score (nSPS) is 13.3. The number of likely N-dealkylation sites (N-methyl/N-ethyl adjacent to an activating group) is 2. The maximum absolute atomic E-state index is 5.90. The van der Waals surface area contributed by atoms with Gasteiger partial charge in [-0.05, 0) is 52.7 Å². The Balaban J connectivity index is 2.48. The molecule has 0 saturated carbocycles. The van der Waals surface area contributed by atoms with E-state index >= 15 is 0 Å². The lowest BCUT2D eigenvalue weighted by molar-refractivity contribution is 0.162. The summed E-state index contributed by atoms with van der Waals surface area (Å²) < 4.78 is 5.90. The highest BCUT2D eigenvalue weighted by atomic mass is 16.3. The standard InChI is InChI=1S/C16H31N3O/c1-6-10-17-11-15-8-9-16(20-15)13-19(7-2)14(3)12-18(4)5/h8-9,14,17H,6-7,10-13H2,1-5H3. The van der Waals surface area contributed by atoms with Gasteiger partial charge in [-0.1, -0.05) is 13.8 Å². The second kappa shape index (κ2) is 9.16. The number of nitrogens with zero attached hydrogens (tertiary/aromatic N) is 2. The summed E-state index contributed by atoms with van der Waals surface area (Å²) in [6.07, 6.45) is 1.15. The average Bonchev–Trinajstić information content (AvgIpc) is 2.83. The van der Waals surface area contributed by atoms with E-state index in [9.17, 15) is 0 Å². The molecular weight excluding hydrogens is 250 g/mol. The fourth-order valence-electron chi connectivity index (χ4n) is 2.41. The Morgan fingerprint density at radius 1 is 1.20 bits per heavy atom. The second-order valence-electron chi connectivity index (χ2n) is 5.72. The Hall–Kier alpha value is -0.840. The van der Waals surface area contributed by atoms with Gasteiger partial charge in [-0.2, -0.15) is 0 Å². The molecule has 0 amide bonds. The van der Waals surface area contributed by atoms with E-state index in [1.54, 1.807) is 0 Å². The molecule has 116 valence electrons. The van der Waals surface area contributed by atoms with Gasteiger partial charge in [-0.3, -0.25) is 4.90 Å². The maximum atomic E-state index is 5.90. The summed E-state index contributed by atoms with van der Waals surface area (Å²) in [5.74, 6) is 2.09. The predicted octanol–water partition coefficient (Wildman–Crippen LogP) is 2.55. The molecule has 0 bridgehead atoms. The molecule has 0 aliphatic heterocycles. The number of rotatable bonds is 10. The molecule has 0 aliphatic carbocycles. The van der Waals surface area contributed by atoms with Crippen molar-refractivity contribution in [2.24, 2.45) is 0 Å². The zero-order valence-electron chi connectivity index (χ0n) is 13.8. The molecule has 0 aliphatic rings. The second-order valence-corrected chi connectivity index (χ2v) is 5.72. The van der Waals surface area contributed by atoms with Crippen LogP contribution in [0.5, 0.6) is 0 Å². The Morgan fingerprint density at radius 3 is 2.50 bits per heavy atom. The summed E-state index contributed by atoms with van der Waals surface area (Å²) >= 11 is 0. The number of nitrogens with one attached hydrogen (secondary N) is 1. The van der Waals surface area contributed by atoms with Gasteiger partial charge in [0, 0.05) is 12.6 Å². The molecular formula is C16H31N3O. The molecule has 1 aromatic rings. The molecule has 4 nitrogen and oxygen atoms in total. The van der Waals surface area contributed by atoms with Crippen molar-refractivity contribution in [1.29, 1.82) is 0 Å². The summed E-state index contributed by atoms with van der Waals surface area (Å²) in [7, 11) is 4.24. The first-order chi connectivity index (χ1) is 9.56. The molecule has 0 aromatic carbocycles. The van der Waals surface area contributed by atoms with Crippen molar-refractivity contribution >= 4 is 0 Å². The first-order valence-corrected chi connectivity index (χ1v) is 7.73. The van der Waals surface area contributed by atoms with Crippen LogP contribution in [0.3, 0.4) is 0 Å². The quantitative estimate of drug-likeness (QED) is 0.668. The molecule has 1 N–H and O–H groups in total. The SMILES string of the molecule is CCCNCc1ccc(CN(CC)C(C)CN(C)C)o1. The van der Waals surface area contributed by atoms with Crippen LogP contribution in [-0.2, 0) is 13.1 Å². The van der Waals surface area contributed by atoms with Crippen molar-refractivity contribution in [3.8, 4) is 0 Å². The third-order valence-corrected chi connectivity index (χ3v) is 3.46. The first-order valence-electron chi connectivity index (χ1n) is 7.73. The zero-order chi connectivity index (χ0) is 15.0. The summed E-state index contributed by atoms with van der Waals surface area (Å²) in [6.45, 7) is 11.5. The lowest BCUT2D eigenvalue weighted by Gasteiger charge is -2.29. The fourth-order valence-corrected chi connectivity index (χ4v) is 2.41. The zero-order valence-corrected chi connectivity index (χ0v) is 13.8. The number of hydrogen-bond acceptors (Lipinski definition) is 4. The summed E-state index contributed by atoms with van der Waals surface area (Å²) in [4.78, 5) is 4.68. The highest BCUT2D eigenvalue weighted by Gasteiger charge is 2.15. The Kier molecular flexibility index (Phi) is 7.88. The van der Waals surface area contributed by atoms with Crippen LogP contribution in [0.1, 0.15) is 38.7 Å². The minimum atomic E-state index is 0.529. The van der Waals surface area contributed by atoms with Crippen molar-refractivity contribution in [1.82, 2.24) is 15.1 Å². The van der Waals surface area contributed by atoms with E-state index in [2.05, 4.69) is 62.1 Å². The topological polar surface area (TPSA) is 31.6 Å². The van der Waals surface area contributed by atoms with E-state index in [-0.39, 0.29) is 0 Å². The van der Waals surface area contributed by atoms with Crippen LogP contribution in [0, 0.1) is 0 Å². The van der Waals surface area contributed by atoms with Gasteiger partial charge in [-0.25, -0.2) is 0 Å². The summed E-state index contributed by atoms with van der Waals surface area (Å²) in [5.41, 5.74) is 0. The lowest BCUT2D eigenvalue weighted by atomic mass is 10.2. The van der Waals surface area contributed by atoms with Crippen LogP contribution in [0.15, 0.2) is 16.5 Å². The van der Waals surface area contributed by atoms with Gasteiger partial charge in [0.25, 0.3) is 0 Å². The van der Waals surface area contributed by atoms with Gasteiger partial charge in [-0.15, -0.1) is 0 Å². The van der Waals surface area contributed by atoms with Gasteiger partial charge >= 0.3 is 0 Å². The molecule has 20 heavy (non-hydrogen) atoms. The third kappa shape index (κ3) is 6.07. The number of hydrogen-bond donors (Lipinski definition) is 1. The van der Waals surface area contributed by atoms with E-state index < -0.39 is 0 Å². The minimum absolute atomic E-state index is 0.529. The molecule has 1 aromatic heterocycles. The van der Waals surface area contributed by atoms with Crippen LogP contribution in [0.4, 0.5) is 0 Å².